The number of aromatic carboxylic acids is 1. The van der Waals surface area contributed by atoms with Crippen molar-refractivity contribution < 1.29 is 19.1 Å². The van der Waals surface area contributed by atoms with Crippen LogP contribution in [0.4, 0.5) is 15.8 Å². The average molecular weight is 309 g/mol. The molecule has 0 radical (unpaired) electrons. The summed E-state index contributed by atoms with van der Waals surface area (Å²) in [5.74, 6) is -2.68. The van der Waals surface area contributed by atoms with Gasteiger partial charge in [-0.25, -0.2) is 9.18 Å². The molecule has 1 amide bonds. The second-order valence-corrected chi connectivity index (χ2v) is 4.57. The van der Waals surface area contributed by atoms with Gasteiger partial charge in [0.2, 0.25) is 0 Å². The Balaban J connectivity index is 2.30. The number of carboxylic acid groups (broad SMARTS) is 1. The van der Waals surface area contributed by atoms with Crippen LogP contribution in [-0.2, 0) is 0 Å². The molecule has 2 rings (SSSR count). The third-order valence-electron chi connectivity index (χ3n) is 2.74. The van der Waals surface area contributed by atoms with Gasteiger partial charge in [-0.3, -0.25) is 4.79 Å². The summed E-state index contributed by atoms with van der Waals surface area (Å²) in [5.41, 5.74) is 5.56. The predicted molar refractivity (Wildman–Crippen MR) is 77.2 cm³/mol. The Morgan fingerprint density at radius 3 is 2.52 bits per heavy atom. The minimum Gasteiger partial charge on any atom is -0.478 e. The number of amides is 1. The van der Waals surface area contributed by atoms with Crippen LogP contribution in [0.3, 0.4) is 0 Å². The van der Waals surface area contributed by atoms with Crippen LogP contribution in [-0.4, -0.2) is 17.0 Å². The number of nitrogen functional groups attached to an aromatic ring is 1. The van der Waals surface area contributed by atoms with Crippen LogP contribution in [0.15, 0.2) is 36.4 Å². The van der Waals surface area contributed by atoms with E-state index in [0.717, 1.165) is 6.07 Å². The van der Waals surface area contributed by atoms with Gasteiger partial charge < -0.3 is 16.2 Å². The number of carbonyl (C=O) groups excluding carboxylic acids is 1. The molecule has 108 valence electrons. The van der Waals surface area contributed by atoms with Crippen LogP contribution >= 0.6 is 11.6 Å². The van der Waals surface area contributed by atoms with Crippen molar-refractivity contribution in [2.45, 2.75) is 0 Å². The van der Waals surface area contributed by atoms with Crippen LogP contribution in [0.1, 0.15) is 20.7 Å². The molecule has 2 aromatic carbocycles. The summed E-state index contributed by atoms with van der Waals surface area (Å²) in [5, 5.41) is 11.2. The Bertz CT molecular complexity index is 714. The third kappa shape index (κ3) is 3.11. The number of nitrogens with one attached hydrogen (secondary N) is 1. The van der Waals surface area contributed by atoms with E-state index < -0.39 is 17.7 Å². The lowest BCUT2D eigenvalue weighted by Gasteiger charge is -2.10. The van der Waals surface area contributed by atoms with E-state index in [4.69, 9.17) is 22.4 Å². The normalized spacial score (nSPS) is 10.2. The topological polar surface area (TPSA) is 92.4 Å². The van der Waals surface area contributed by atoms with Crippen molar-refractivity contribution in [3.05, 3.63) is 58.4 Å². The third-order valence-corrected chi connectivity index (χ3v) is 3.05. The van der Waals surface area contributed by atoms with Gasteiger partial charge in [0.25, 0.3) is 5.91 Å². The first-order valence-electron chi connectivity index (χ1n) is 5.78. The Morgan fingerprint density at radius 1 is 1.24 bits per heavy atom. The minimum absolute atomic E-state index is 0.0191. The van der Waals surface area contributed by atoms with Crippen molar-refractivity contribution in [2.75, 3.05) is 11.1 Å². The molecule has 0 aliphatic carbocycles. The van der Waals surface area contributed by atoms with E-state index in [0.29, 0.717) is 0 Å². The molecule has 5 nitrogen and oxygen atoms in total. The maximum Gasteiger partial charge on any atom is 0.335 e. The van der Waals surface area contributed by atoms with Gasteiger partial charge in [-0.15, -0.1) is 0 Å². The average Bonchev–Trinajstić information content (AvgIpc) is 2.40. The van der Waals surface area contributed by atoms with Gasteiger partial charge in [-0.05, 0) is 30.3 Å². The summed E-state index contributed by atoms with van der Waals surface area (Å²) in [6.45, 7) is 0. The fourth-order valence-corrected chi connectivity index (χ4v) is 1.96. The van der Waals surface area contributed by atoms with Crippen molar-refractivity contribution in [3.8, 4) is 0 Å². The molecule has 21 heavy (non-hydrogen) atoms. The molecule has 0 bridgehead atoms. The maximum atomic E-state index is 13.6. The van der Waals surface area contributed by atoms with Crippen molar-refractivity contribution in [1.82, 2.24) is 0 Å². The SMILES string of the molecule is Nc1cc(C(=O)O)ccc1NC(=O)c1c(F)cccc1Cl. The van der Waals surface area contributed by atoms with Crippen molar-refractivity contribution in [2.24, 2.45) is 0 Å². The minimum atomic E-state index is -1.14. The molecule has 0 aliphatic heterocycles. The van der Waals surface area contributed by atoms with Gasteiger partial charge in [-0.2, -0.15) is 0 Å². The molecule has 0 heterocycles. The zero-order valence-corrected chi connectivity index (χ0v) is 11.3. The van der Waals surface area contributed by atoms with Crippen molar-refractivity contribution in [3.63, 3.8) is 0 Å². The van der Waals surface area contributed by atoms with Gasteiger partial charge in [0.15, 0.2) is 0 Å². The standard InChI is InChI=1S/C14H10ClFN2O3/c15-8-2-1-3-9(16)12(8)13(19)18-11-5-4-7(14(20)21)6-10(11)17/h1-6H,17H2,(H,18,19)(H,20,21). The van der Waals surface area contributed by atoms with Gasteiger partial charge in [-0.1, -0.05) is 17.7 Å². The predicted octanol–water partition coefficient (Wildman–Crippen LogP) is 3.01. The van der Waals surface area contributed by atoms with E-state index >= 15 is 0 Å². The Morgan fingerprint density at radius 2 is 1.95 bits per heavy atom. The Labute approximate surface area is 124 Å². The molecule has 0 aromatic heterocycles. The summed E-state index contributed by atoms with van der Waals surface area (Å²) in [6.07, 6.45) is 0. The molecule has 0 fully saturated rings. The number of halogens is 2. The number of carboxylic acids is 1. The molecule has 0 atom stereocenters. The highest BCUT2D eigenvalue weighted by atomic mass is 35.5. The molecular weight excluding hydrogens is 299 g/mol. The maximum absolute atomic E-state index is 13.6. The zero-order chi connectivity index (χ0) is 15.6. The molecule has 7 heteroatoms. The Hall–Kier alpha value is -2.60. The second kappa shape index (κ2) is 5.80. The summed E-state index contributed by atoms with van der Waals surface area (Å²) < 4.78 is 13.6. The van der Waals surface area contributed by atoms with Crippen LogP contribution in [0.5, 0.6) is 0 Å². The Kier molecular flexibility index (Phi) is 4.09. The van der Waals surface area contributed by atoms with E-state index in [9.17, 15) is 14.0 Å². The summed E-state index contributed by atoms with van der Waals surface area (Å²) in [4.78, 5) is 22.8. The second-order valence-electron chi connectivity index (χ2n) is 4.16. The van der Waals surface area contributed by atoms with E-state index in [1.807, 2.05) is 0 Å². The lowest BCUT2D eigenvalue weighted by molar-refractivity contribution is 0.0696. The first kappa shape index (κ1) is 14.8. The quantitative estimate of drug-likeness (QED) is 0.760. The first-order valence-corrected chi connectivity index (χ1v) is 6.16. The van der Waals surface area contributed by atoms with E-state index in [1.165, 1.54) is 30.3 Å². The zero-order valence-electron chi connectivity index (χ0n) is 10.6. The van der Waals surface area contributed by atoms with E-state index in [1.54, 1.807) is 0 Å². The first-order chi connectivity index (χ1) is 9.90. The molecule has 2 aromatic rings. The fraction of sp³-hybridized carbons (Fsp3) is 0. The van der Waals surface area contributed by atoms with Crippen molar-refractivity contribution >= 4 is 34.9 Å². The van der Waals surface area contributed by atoms with Gasteiger partial charge in [0, 0.05) is 0 Å². The number of hydrogen-bond donors (Lipinski definition) is 3. The van der Waals surface area contributed by atoms with Crippen LogP contribution in [0, 0.1) is 5.82 Å². The lowest BCUT2D eigenvalue weighted by Crippen LogP contribution is -2.15. The number of benzene rings is 2. The fourth-order valence-electron chi connectivity index (χ4n) is 1.71. The van der Waals surface area contributed by atoms with Gasteiger partial charge in [0.05, 0.1) is 27.5 Å². The summed E-state index contributed by atoms with van der Waals surface area (Å²) in [7, 11) is 0. The van der Waals surface area contributed by atoms with Crippen molar-refractivity contribution in [1.29, 1.82) is 0 Å². The molecular formula is C14H10ClFN2O3. The number of carbonyl (C=O) groups is 2. The number of nitrogens with two attached hydrogens (primary N) is 1. The summed E-state index contributed by atoms with van der Waals surface area (Å²) >= 11 is 5.79. The van der Waals surface area contributed by atoms with E-state index in [-0.39, 0.29) is 27.5 Å². The highest BCUT2D eigenvalue weighted by Crippen LogP contribution is 2.24. The van der Waals surface area contributed by atoms with Gasteiger partial charge >= 0.3 is 5.97 Å². The van der Waals surface area contributed by atoms with Crippen LogP contribution in [0.25, 0.3) is 0 Å². The monoisotopic (exact) mass is 308 g/mol. The molecule has 0 spiro atoms. The number of hydrogen-bond acceptors (Lipinski definition) is 3. The molecule has 0 unspecified atom stereocenters. The van der Waals surface area contributed by atoms with Crippen LogP contribution < -0.4 is 11.1 Å². The molecule has 0 saturated heterocycles. The molecule has 0 aliphatic rings. The highest BCUT2D eigenvalue weighted by Gasteiger charge is 2.17. The van der Waals surface area contributed by atoms with Gasteiger partial charge in [0.1, 0.15) is 5.82 Å². The lowest BCUT2D eigenvalue weighted by atomic mass is 10.1. The smallest absolute Gasteiger partial charge is 0.335 e. The molecule has 0 saturated carbocycles. The number of rotatable bonds is 3. The largest absolute Gasteiger partial charge is 0.478 e. The highest BCUT2D eigenvalue weighted by molar-refractivity contribution is 6.34. The number of anilines is 2. The molecule has 4 N–H and O–H groups in total. The van der Waals surface area contributed by atoms with Crippen LogP contribution in [0.2, 0.25) is 5.02 Å². The van der Waals surface area contributed by atoms with E-state index in [2.05, 4.69) is 5.32 Å². The summed E-state index contributed by atoms with van der Waals surface area (Å²) in [6, 6.07) is 7.67.